The van der Waals surface area contributed by atoms with Crippen molar-refractivity contribution >= 4 is 5.91 Å². The standard InChI is InChI=1S/C14H18F2N2O2/c1-17-11-5-7-18(8-6-11)13(19)10-3-2-4-12(9-10)20-14(15)16/h2-4,9,11,14,17H,5-8H2,1H3. The van der Waals surface area contributed by atoms with Gasteiger partial charge >= 0.3 is 6.61 Å². The minimum absolute atomic E-state index is 0.0101. The maximum atomic E-state index is 12.3. The van der Waals surface area contributed by atoms with Crippen molar-refractivity contribution in [1.29, 1.82) is 0 Å². The molecule has 4 nitrogen and oxygen atoms in total. The van der Waals surface area contributed by atoms with Crippen LogP contribution in [0.4, 0.5) is 8.78 Å². The number of halogens is 2. The number of nitrogens with one attached hydrogen (secondary N) is 1. The molecule has 1 aromatic carbocycles. The van der Waals surface area contributed by atoms with Gasteiger partial charge in [0.15, 0.2) is 0 Å². The molecule has 0 bridgehead atoms. The van der Waals surface area contributed by atoms with Crippen LogP contribution in [0, 0.1) is 0 Å². The molecule has 1 N–H and O–H groups in total. The quantitative estimate of drug-likeness (QED) is 0.920. The summed E-state index contributed by atoms with van der Waals surface area (Å²) in [4.78, 5) is 14.0. The lowest BCUT2D eigenvalue weighted by Gasteiger charge is -2.31. The number of hydrogen-bond donors (Lipinski definition) is 1. The Hall–Kier alpha value is -1.69. The molecule has 1 amide bonds. The molecule has 20 heavy (non-hydrogen) atoms. The van der Waals surface area contributed by atoms with Gasteiger partial charge in [-0.25, -0.2) is 0 Å². The molecule has 0 aliphatic carbocycles. The highest BCUT2D eigenvalue weighted by Gasteiger charge is 2.23. The van der Waals surface area contributed by atoms with E-state index in [9.17, 15) is 13.6 Å². The van der Waals surface area contributed by atoms with E-state index >= 15 is 0 Å². The minimum atomic E-state index is -2.88. The zero-order valence-electron chi connectivity index (χ0n) is 11.3. The molecule has 0 unspecified atom stereocenters. The highest BCUT2D eigenvalue weighted by Crippen LogP contribution is 2.19. The fraction of sp³-hybridized carbons (Fsp3) is 0.500. The maximum Gasteiger partial charge on any atom is 0.387 e. The van der Waals surface area contributed by atoms with E-state index in [-0.39, 0.29) is 11.7 Å². The summed E-state index contributed by atoms with van der Waals surface area (Å²) in [7, 11) is 1.91. The predicted molar refractivity (Wildman–Crippen MR) is 71.1 cm³/mol. The molecular formula is C14H18F2N2O2. The Kier molecular flexibility index (Phi) is 4.89. The average molecular weight is 284 g/mol. The van der Waals surface area contributed by atoms with Crippen LogP contribution in [0.1, 0.15) is 23.2 Å². The Morgan fingerprint density at radius 1 is 1.40 bits per heavy atom. The third-order valence-corrected chi connectivity index (χ3v) is 3.50. The van der Waals surface area contributed by atoms with Crippen LogP contribution in [0.3, 0.4) is 0 Å². The van der Waals surface area contributed by atoms with Gasteiger partial charge in [0.05, 0.1) is 0 Å². The van der Waals surface area contributed by atoms with Crippen molar-refractivity contribution < 1.29 is 18.3 Å². The minimum Gasteiger partial charge on any atom is -0.435 e. The van der Waals surface area contributed by atoms with Gasteiger partial charge in [-0.2, -0.15) is 8.78 Å². The van der Waals surface area contributed by atoms with Crippen molar-refractivity contribution in [3.63, 3.8) is 0 Å². The van der Waals surface area contributed by atoms with Crippen molar-refractivity contribution in [1.82, 2.24) is 10.2 Å². The van der Waals surface area contributed by atoms with E-state index in [1.54, 1.807) is 17.0 Å². The molecule has 6 heteroatoms. The highest BCUT2D eigenvalue weighted by molar-refractivity contribution is 5.94. The third-order valence-electron chi connectivity index (χ3n) is 3.50. The maximum absolute atomic E-state index is 12.3. The second-order valence-electron chi connectivity index (χ2n) is 4.76. The fourth-order valence-corrected chi connectivity index (χ4v) is 2.36. The largest absolute Gasteiger partial charge is 0.435 e. The van der Waals surface area contributed by atoms with Gasteiger partial charge in [0.25, 0.3) is 5.91 Å². The number of rotatable bonds is 4. The molecule has 0 atom stereocenters. The molecule has 1 aliphatic heterocycles. The molecule has 1 saturated heterocycles. The Morgan fingerprint density at radius 3 is 2.70 bits per heavy atom. The van der Waals surface area contributed by atoms with Crippen molar-refractivity contribution in [2.24, 2.45) is 0 Å². The van der Waals surface area contributed by atoms with Crippen molar-refractivity contribution in [2.75, 3.05) is 20.1 Å². The first kappa shape index (κ1) is 14.7. The van der Waals surface area contributed by atoms with Gasteiger partial charge in [0.2, 0.25) is 0 Å². The molecule has 1 aromatic rings. The Morgan fingerprint density at radius 2 is 2.10 bits per heavy atom. The van der Waals surface area contributed by atoms with Crippen LogP contribution < -0.4 is 10.1 Å². The monoisotopic (exact) mass is 284 g/mol. The Labute approximate surface area is 116 Å². The summed E-state index contributed by atoms with van der Waals surface area (Å²) < 4.78 is 28.6. The van der Waals surface area contributed by atoms with Crippen LogP contribution in [0.2, 0.25) is 0 Å². The lowest BCUT2D eigenvalue weighted by atomic mass is 10.0. The summed E-state index contributed by atoms with van der Waals surface area (Å²) in [6.07, 6.45) is 1.80. The summed E-state index contributed by atoms with van der Waals surface area (Å²) in [6, 6.07) is 6.37. The smallest absolute Gasteiger partial charge is 0.387 e. The molecule has 0 saturated carbocycles. The molecule has 2 rings (SSSR count). The number of benzene rings is 1. The van der Waals surface area contributed by atoms with E-state index in [2.05, 4.69) is 10.1 Å². The number of likely N-dealkylation sites (tertiary alicyclic amines) is 1. The fourth-order valence-electron chi connectivity index (χ4n) is 2.36. The van der Waals surface area contributed by atoms with Crippen LogP contribution in [-0.4, -0.2) is 43.6 Å². The van der Waals surface area contributed by atoms with Gasteiger partial charge in [-0.15, -0.1) is 0 Å². The van der Waals surface area contributed by atoms with Crippen LogP contribution in [0.5, 0.6) is 5.75 Å². The number of ether oxygens (including phenoxy) is 1. The van der Waals surface area contributed by atoms with Gasteiger partial charge in [0.1, 0.15) is 5.75 Å². The van der Waals surface area contributed by atoms with E-state index < -0.39 is 6.61 Å². The highest BCUT2D eigenvalue weighted by atomic mass is 19.3. The van der Waals surface area contributed by atoms with E-state index in [1.807, 2.05) is 7.05 Å². The molecule has 1 aliphatic rings. The van der Waals surface area contributed by atoms with E-state index in [0.29, 0.717) is 24.7 Å². The molecule has 110 valence electrons. The second kappa shape index (κ2) is 6.65. The van der Waals surface area contributed by atoms with Crippen LogP contribution in [0.25, 0.3) is 0 Å². The number of carbonyl (C=O) groups excluding carboxylic acids is 1. The molecular weight excluding hydrogens is 266 g/mol. The summed E-state index contributed by atoms with van der Waals surface area (Å²) in [6.45, 7) is -1.54. The Bertz CT molecular complexity index is 460. The van der Waals surface area contributed by atoms with E-state index in [4.69, 9.17) is 0 Å². The number of amides is 1. The second-order valence-corrected chi connectivity index (χ2v) is 4.76. The molecule has 0 spiro atoms. The topological polar surface area (TPSA) is 41.6 Å². The zero-order chi connectivity index (χ0) is 14.5. The first-order valence-corrected chi connectivity index (χ1v) is 6.61. The van der Waals surface area contributed by atoms with Crippen LogP contribution in [-0.2, 0) is 0 Å². The van der Waals surface area contributed by atoms with Gasteiger partial charge in [-0.3, -0.25) is 4.79 Å². The number of alkyl halides is 2. The SMILES string of the molecule is CNC1CCN(C(=O)c2cccc(OC(F)F)c2)CC1. The first-order valence-electron chi connectivity index (χ1n) is 6.61. The van der Waals surface area contributed by atoms with Crippen LogP contribution in [0.15, 0.2) is 24.3 Å². The summed E-state index contributed by atoms with van der Waals surface area (Å²) in [5.74, 6) is -0.129. The average Bonchev–Trinajstić information content (AvgIpc) is 2.46. The van der Waals surface area contributed by atoms with Gasteiger partial charge < -0.3 is 15.0 Å². The van der Waals surface area contributed by atoms with Crippen molar-refractivity contribution in [2.45, 2.75) is 25.5 Å². The molecule has 0 aromatic heterocycles. The molecule has 0 radical (unpaired) electrons. The summed E-state index contributed by atoms with van der Waals surface area (Å²) >= 11 is 0. The first-order chi connectivity index (χ1) is 9.60. The predicted octanol–water partition coefficient (Wildman–Crippen LogP) is 2.11. The number of piperidine rings is 1. The lowest BCUT2D eigenvalue weighted by molar-refractivity contribution is -0.0499. The zero-order valence-corrected chi connectivity index (χ0v) is 11.3. The summed E-state index contributed by atoms with van der Waals surface area (Å²) in [5.41, 5.74) is 0.381. The summed E-state index contributed by atoms with van der Waals surface area (Å²) in [5, 5.41) is 3.19. The number of nitrogens with zero attached hydrogens (tertiary/aromatic N) is 1. The number of carbonyl (C=O) groups is 1. The van der Waals surface area contributed by atoms with Gasteiger partial charge in [0, 0.05) is 24.7 Å². The normalized spacial score (nSPS) is 16.5. The van der Waals surface area contributed by atoms with Crippen molar-refractivity contribution in [3.05, 3.63) is 29.8 Å². The van der Waals surface area contributed by atoms with E-state index in [0.717, 1.165) is 12.8 Å². The third kappa shape index (κ3) is 3.66. The van der Waals surface area contributed by atoms with E-state index in [1.165, 1.54) is 12.1 Å². The Balaban J connectivity index is 2.02. The van der Waals surface area contributed by atoms with Crippen LogP contribution >= 0.6 is 0 Å². The molecule has 1 heterocycles. The van der Waals surface area contributed by atoms with Gasteiger partial charge in [-0.05, 0) is 38.1 Å². The number of hydrogen-bond acceptors (Lipinski definition) is 3. The molecule has 1 fully saturated rings. The van der Waals surface area contributed by atoms with Gasteiger partial charge in [-0.1, -0.05) is 6.07 Å². The lowest BCUT2D eigenvalue weighted by Crippen LogP contribution is -2.43. The van der Waals surface area contributed by atoms with Crippen molar-refractivity contribution in [3.8, 4) is 5.75 Å².